The summed E-state index contributed by atoms with van der Waals surface area (Å²) < 4.78 is 33.8. The summed E-state index contributed by atoms with van der Waals surface area (Å²) in [5.41, 5.74) is 0.526. The van der Waals surface area contributed by atoms with Crippen LogP contribution in [0.5, 0.6) is 0 Å². The Kier molecular flexibility index (Phi) is 7.02. The smallest absolute Gasteiger partial charge is 0.407 e. The predicted molar refractivity (Wildman–Crippen MR) is 88.1 cm³/mol. The fourth-order valence-electron chi connectivity index (χ4n) is 1.69. The number of carbonyl (C=O) groups excluding carboxylic acids is 1. The Labute approximate surface area is 138 Å². The molecule has 0 heterocycles. The predicted octanol–water partition coefficient (Wildman–Crippen LogP) is 2.52. The number of hydrogen-bond acceptors (Lipinski definition) is 5. The number of alkyl carbamates (subject to hydrolysis) is 1. The fraction of sp³-hybridized carbons (Fsp3) is 0.562. The first-order valence-electron chi connectivity index (χ1n) is 7.48. The Morgan fingerprint density at radius 2 is 1.74 bits per heavy atom. The van der Waals surface area contributed by atoms with Crippen molar-refractivity contribution >= 4 is 15.9 Å². The van der Waals surface area contributed by atoms with E-state index in [9.17, 15) is 13.2 Å². The van der Waals surface area contributed by atoms with Gasteiger partial charge in [0.1, 0.15) is 6.61 Å². The van der Waals surface area contributed by atoms with Crippen LogP contribution in [0.4, 0.5) is 4.79 Å². The molecule has 0 saturated carbocycles. The maximum atomic E-state index is 11.7. The summed E-state index contributed by atoms with van der Waals surface area (Å²) in [4.78, 5) is 11.7. The molecule has 0 fully saturated rings. The van der Waals surface area contributed by atoms with Gasteiger partial charge in [-0.05, 0) is 38.5 Å². The first kappa shape index (κ1) is 19.4. The average molecular weight is 343 g/mol. The van der Waals surface area contributed by atoms with Crippen molar-refractivity contribution < 1.29 is 22.7 Å². The molecule has 0 radical (unpaired) electrons. The minimum absolute atomic E-state index is 0.0802. The van der Waals surface area contributed by atoms with E-state index in [0.29, 0.717) is 11.5 Å². The second kappa shape index (κ2) is 8.31. The van der Waals surface area contributed by atoms with Gasteiger partial charge in [-0.2, -0.15) is 0 Å². The summed E-state index contributed by atoms with van der Waals surface area (Å²) >= 11 is 0. The van der Waals surface area contributed by atoms with Crippen molar-refractivity contribution in [1.29, 1.82) is 0 Å². The zero-order chi connectivity index (χ0) is 17.5. The molecule has 0 saturated heterocycles. The van der Waals surface area contributed by atoms with Gasteiger partial charge in [0.05, 0.1) is 23.9 Å². The number of ether oxygens (including phenoxy) is 2. The molecule has 7 heteroatoms. The highest BCUT2D eigenvalue weighted by Crippen LogP contribution is 2.12. The molecule has 23 heavy (non-hydrogen) atoms. The molecule has 1 N–H and O–H groups in total. The van der Waals surface area contributed by atoms with Gasteiger partial charge in [-0.25, -0.2) is 13.2 Å². The third kappa shape index (κ3) is 7.47. The van der Waals surface area contributed by atoms with Crippen LogP contribution in [-0.4, -0.2) is 39.0 Å². The summed E-state index contributed by atoms with van der Waals surface area (Å²) in [6, 6.07) is 6.58. The van der Waals surface area contributed by atoms with Crippen molar-refractivity contribution in [2.24, 2.45) is 0 Å². The second-order valence-corrected chi connectivity index (χ2v) is 8.39. The molecule has 0 aromatic heterocycles. The first-order valence-corrected chi connectivity index (χ1v) is 9.13. The third-order valence-electron chi connectivity index (χ3n) is 2.87. The van der Waals surface area contributed by atoms with Crippen LogP contribution in [0.3, 0.4) is 0 Å². The molecule has 1 rings (SSSR count). The van der Waals surface area contributed by atoms with Crippen LogP contribution in [0.1, 0.15) is 33.3 Å². The van der Waals surface area contributed by atoms with Gasteiger partial charge in [0.2, 0.25) is 0 Å². The quantitative estimate of drug-likeness (QED) is 0.769. The van der Waals surface area contributed by atoms with Gasteiger partial charge < -0.3 is 14.8 Å². The summed E-state index contributed by atoms with van der Waals surface area (Å²) in [6.45, 7) is 7.98. The first-order chi connectivity index (χ1) is 10.6. The highest BCUT2D eigenvalue weighted by molar-refractivity contribution is 7.91. The molecule has 6 nitrogen and oxygen atoms in total. The monoisotopic (exact) mass is 343 g/mol. The van der Waals surface area contributed by atoms with E-state index in [0.717, 1.165) is 5.56 Å². The highest BCUT2D eigenvalue weighted by Gasteiger charge is 2.14. The molecule has 0 unspecified atom stereocenters. The fourth-order valence-corrected chi connectivity index (χ4v) is 2.57. The Hall–Kier alpha value is -1.60. The van der Waals surface area contributed by atoms with Crippen molar-refractivity contribution in [2.45, 2.75) is 44.7 Å². The Morgan fingerprint density at radius 1 is 1.13 bits per heavy atom. The number of amides is 1. The molecule has 1 aromatic carbocycles. The number of hydrogen-bond donors (Lipinski definition) is 1. The Morgan fingerprint density at radius 3 is 2.26 bits per heavy atom. The number of rotatable bonds is 7. The Bertz CT molecular complexity index is 602. The maximum Gasteiger partial charge on any atom is 0.407 e. The minimum atomic E-state index is -3.17. The van der Waals surface area contributed by atoms with Crippen molar-refractivity contribution in [3.63, 3.8) is 0 Å². The summed E-state index contributed by atoms with van der Waals surface area (Å²) in [5, 5.41) is 2.68. The summed E-state index contributed by atoms with van der Waals surface area (Å²) in [5.74, 6) is 0.0802. The second-order valence-electron chi connectivity index (χ2n) is 6.11. The van der Waals surface area contributed by atoms with Gasteiger partial charge in [0.25, 0.3) is 0 Å². The van der Waals surface area contributed by atoms with Crippen LogP contribution in [0.2, 0.25) is 0 Å². The molecule has 1 aromatic rings. The highest BCUT2D eigenvalue weighted by atomic mass is 32.2. The standard InChI is InChI=1S/C16H25NO5S/c1-5-23(19,20)14-8-6-13(7-9-14)12-21-10-11-22-15(18)17-16(2,3)4/h6-9H,5,10-12H2,1-4H3,(H,17,18). The van der Waals surface area contributed by atoms with E-state index in [1.165, 1.54) is 0 Å². The van der Waals surface area contributed by atoms with Crippen molar-refractivity contribution in [3.8, 4) is 0 Å². The van der Waals surface area contributed by atoms with Crippen LogP contribution in [0.25, 0.3) is 0 Å². The van der Waals surface area contributed by atoms with Gasteiger partial charge in [0, 0.05) is 5.54 Å². The number of benzene rings is 1. The van der Waals surface area contributed by atoms with E-state index >= 15 is 0 Å². The topological polar surface area (TPSA) is 81.7 Å². The van der Waals surface area contributed by atoms with Gasteiger partial charge in [-0.3, -0.25) is 0 Å². The number of nitrogens with one attached hydrogen (secondary N) is 1. The number of carbonyl (C=O) groups is 1. The van der Waals surface area contributed by atoms with Gasteiger partial charge in [-0.1, -0.05) is 19.1 Å². The van der Waals surface area contributed by atoms with Gasteiger partial charge in [-0.15, -0.1) is 0 Å². The van der Waals surface area contributed by atoms with Crippen LogP contribution >= 0.6 is 0 Å². The van der Waals surface area contributed by atoms with Crippen molar-refractivity contribution in [1.82, 2.24) is 5.32 Å². The molecule has 0 bridgehead atoms. The van der Waals surface area contributed by atoms with Crippen LogP contribution in [-0.2, 0) is 25.9 Å². The maximum absolute atomic E-state index is 11.7. The molecule has 0 atom stereocenters. The molecule has 0 spiro atoms. The zero-order valence-corrected chi connectivity index (χ0v) is 14.9. The lowest BCUT2D eigenvalue weighted by Gasteiger charge is -2.19. The van der Waals surface area contributed by atoms with Crippen molar-refractivity contribution in [2.75, 3.05) is 19.0 Å². The van der Waals surface area contributed by atoms with E-state index < -0.39 is 15.9 Å². The normalized spacial score (nSPS) is 12.0. The van der Waals surface area contributed by atoms with E-state index in [1.54, 1.807) is 31.2 Å². The lowest BCUT2D eigenvalue weighted by Crippen LogP contribution is -2.41. The number of sulfone groups is 1. The van der Waals surface area contributed by atoms with Gasteiger partial charge in [0.15, 0.2) is 9.84 Å². The van der Waals surface area contributed by atoms with Gasteiger partial charge >= 0.3 is 6.09 Å². The average Bonchev–Trinajstić information content (AvgIpc) is 2.45. The molecule has 0 aliphatic rings. The molecule has 0 aliphatic heterocycles. The van der Waals surface area contributed by atoms with Crippen LogP contribution in [0, 0.1) is 0 Å². The SMILES string of the molecule is CCS(=O)(=O)c1ccc(COCCOC(=O)NC(C)(C)C)cc1. The molecule has 130 valence electrons. The summed E-state index contributed by atoms with van der Waals surface area (Å²) in [6.07, 6.45) is -0.477. The minimum Gasteiger partial charge on any atom is -0.447 e. The molecular weight excluding hydrogens is 318 g/mol. The third-order valence-corrected chi connectivity index (χ3v) is 4.62. The molecular formula is C16H25NO5S. The van der Waals surface area contributed by atoms with Crippen molar-refractivity contribution in [3.05, 3.63) is 29.8 Å². The molecule has 1 amide bonds. The van der Waals surface area contributed by atoms with E-state index in [2.05, 4.69) is 5.32 Å². The lowest BCUT2D eigenvalue weighted by molar-refractivity contribution is 0.0624. The van der Waals surface area contributed by atoms with E-state index in [1.807, 2.05) is 20.8 Å². The van der Waals surface area contributed by atoms with E-state index in [4.69, 9.17) is 9.47 Å². The zero-order valence-electron chi connectivity index (χ0n) is 14.1. The lowest BCUT2D eigenvalue weighted by atomic mass is 10.1. The largest absolute Gasteiger partial charge is 0.447 e. The Balaban J connectivity index is 2.30. The van der Waals surface area contributed by atoms with Crippen LogP contribution in [0.15, 0.2) is 29.2 Å². The van der Waals surface area contributed by atoms with Crippen LogP contribution < -0.4 is 5.32 Å². The van der Waals surface area contributed by atoms with E-state index in [-0.39, 0.29) is 24.5 Å². The summed E-state index contributed by atoms with van der Waals surface area (Å²) in [7, 11) is -3.17. The molecule has 0 aliphatic carbocycles.